The molecule has 20 heavy (non-hydrogen) atoms. The monoisotopic (exact) mass is 270 g/mol. The molecule has 1 aliphatic carbocycles. The van der Waals surface area contributed by atoms with Gasteiger partial charge in [0.05, 0.1) is 6.54 Å². The Balaban J connectivity index is 2.04. The smallest absolute Gasteiger partial charge is 0.253 e. The van der Waals surface area contributed by atoms with Gasteiger partial charge < -0.3 is 10.6 Å². The van der Waals surface area contributed by atoms with Crippen LogP contribution in [0.15, 0.2) is 24.3 Å². The van der Waals surface area contributed by atoms with Crippen LogP contribution in [0.4, 0.5) is 0 Å². The van der Waals surface area contributed by atoms with Gasteiger partial charge in [0.25, 0.3) is 5.91 Å². The van der Waals surface area contributed by atoms with Crippen LogP contribution in [0.5, 0.6) is 0 Å². The van der Waals surface area contributed by atoms with Crippen LogP contribution < -0.4 is 5.73 Å². The highest BCUT2D eigenvalue weighted by atomic mass is 16.2. The molecule has 2 N–H and O–H groups in total. The van der Waals surface area contributed by atoms with Crippen LogP contribution in [-0.2, 0) is 0 Å². The minimum Gasteiger partial charge on any atom is -0.339 e. The zero-order valence-electron chi connectivity index (χ0n) is 12.1. The van der Waals surface area contributed by atoms with Crippen molar-refractivity contribution in [1.82, 2.24) is 4.90 Å². The number of nitrogens with zero attached hydrogens (tertiary/aromatic N) is 1. The molecule has 1 amide bonds. The quantitative estimate of drug-likeness (QED) is 0.839. The second kappa shape index (κ2) is 7.12. The summed E-state index contributed by atoms with van der Waals surface area (Å²) in [7, 11) is 1.92. The lowest BCUT2D eigenvalue weighted by Crippen LogP contribution is -2.38. The largest absolute Gasteiger partial charge is 0.339 e. The van der Waals surface area contributed by atoms with Crippen LogP contribution in [-0.4, -0.2) is 30.4 Å². The lowest BCUT2D eigenvalue weighted by atomic mass is 9.94. The summed E-state index contributed by atoms with van der Waals surface area (Å²) in [5.41, 5.74) is 6.97. The van der Waals surface area contributed by atoms with Gasteiger partial charge in [0.15, 0.2) is 0 Å². The van der Waals surface area contributed by atoms with Crippen molar-refractivity contribution in [3.8, 4) is 11.8 Å². The van der Waals surface area contributed by atoms with Crippen molar-refractivity contribution in [1.29, 1.82) is 0 Å². The maximum atomic E-state index is 12.4. The van der Waals surface area contributed by atoms with E-state index in [1.54, 1.807) is 0 Å². The van der Waals surface area contributed by atoms with E-state index >= 15 is 0 Å². The fourth-order valence-electron chi connectivity index (χ4n) is 2.69. The van der Waals surface area contributed by atoms with E-state index in [0.717, 1.165) is 24.0 Å². The van der Waals surface area contributed by atoms with Crippen molar-refractivity contribution in [3.05, 3.63) is 35.4 Å². The van der Waals surface area contributed by atoms with Crippen molar-refractivity contribution < 1.29 is 4.79 Å². The van der Waals surface area contributed by atoms with Crippen molar-refractivity contribution in [2.24, 2.45) is 5.73 Å². The first-order valence-electron chi connectivity index (χ1n) is 7.28. The standard InChI is InChI=1S/C17H22N2O/c1-19(16-7-3-2-4-8-16)17(20)15-11-9-14(10-12-15)6-5-13-18/h9-12,16H,2-4,7-8,13,18H2,1H3. The Bertz CT molecular complexity index is 504. The third-order valence-electron chi connectivity index (χ3n) is 3.91. The number of carbonyl (C=O) groups excluding carboxylic acids is 1. The van der Waals surface area contributed by atoms with E-state index in [0.29, 0.717) is 12.6 Å². The van der Waals surface area contributed by atoms with Crippen molar-refractivity contribution in [3.63, 3.8) is 0 Å². The molecule has 0 radical (unpaired) electrons. The lowest BCUT2D eigenvalue weighted by Gasteiger charge is -2.31. The van der Waals surface area contributed by atoms with Crippen LogP contribution in [0.25, 0.3) is 0 Å². The van der Waals surface area contributed by atoms with E-state index in [2.05, 4.69) is 11.8 Å². The molecule has 1 aromatic carbocycles. The van der Waals surface area contributed by atoms with Crippen molar-refractivity contribution in [2.45, 2.75) is 38.1 Å². The number of carbonyl (C=O) groups is 1. The van der Waals surface area contributed by atoms with Crippen molar-refractivity contribution >= 4 is 5.91 Å². The van der Waals surface area contributed by atoms with Crippen LogP contribution in [0.3, 0.4) is 0 Å². The Kier molecular flexibility index (Phi) is 5.20. The minimum atomic E-state index is 0.107. The third-order valence-corrected chi connectivity index (χ3v) is 3.91. The second-order valence-corrected chi connectivity index (χ2v) is 5.29. The average molecular weight is 270 g/mol. The van der Waals surface area contributed by atoms with Gasteiger partial charge in [-0.05, 0) is 37.1 Å². The molecule has 3 heteroatoms. The van der Waals surface area contributed by atoms with Gasteiger partial charge in [-0.3, -0.25) is 4.79 Å². The Morgan fingerprint density at radius 1 is 1.25 bits per heavy atom. The van der Waals surface area contributed by atoms with Gasteiger partial charge in [-0.1, -0.05) is 31.1 Å². The highest BCUT2D eigenvalue weighted by Gasteiger charge is 2.22. The fraction of sp³-hybridized carbons (Fsp3) is 0.471. The van der Waals surface area contributed by atoms with Gasteiger partial charge in [0.2, 0.25) is 0 Å². The zero-order valence-corrected chi connectivity index (χ0v) is 12.1. The molecule has 1 saturated carbocycles. The molecule has 3 nitrogen and oxygen atoms in total. The fourth-order valence-corrected chi connectivity index (χ4v) is 2.69. The Morgan fingerprint density at radius 3 is 2.50 bits per heavy atom. The summed E-state index contributed by atoms with van der Waals surface area (Å²) in [4.78, 5) is 14.3. The van der Waals surface area contributed by atoms with Crippen LogP contribution in [0.2, 0.25) is 0 Å². The maximum Gasteiger partial charge on any atom is 0.253 e. The SMILES string of the molecule is CN(C(=O)c1ccc(C#CCN)cc1)C1CCCCC1. The summed E-state index contributed by atoms with van der Waals surface area (Å²) in [6, 6.07) is 7.85. The molecule has 0 aromatic heterocycles. The Labute approximate surface area is 121 Å². The topological polar surface area (TPSA) is 46.3 Å². The molecule has 1 aliphatic rings. The highest BCUT2D eigenvalue weighted by molar-refractivity contribution is 5.94. The molecule has 1 aromatic rings. The first-order chi connectivity index (χ1) is 9.72. The van der Waals surface area contributed by atoms with E-state index < -0.39 is 0 Å². The van der Waals surface area contributed by atoms with E-state index in [1.165, 1.54) is 19.3 Å². The van der Waals surface area contributed by atoms with Gasteiger partial charge in [-0.25, -0.2) is 0 Å². The molecule has 0 saturated heterocycles. The van der Waals surface area contributed by atoms with Gasteiger partial charge in [-0.15, -0.1) is 0 Å². The molecular formula is C17H22N2O. The summed E-state index contributed by atoms with van der Waals surface area (Å²) in [6.07, 6.45) is 6.02. The summed E-state index contributed by atoms with van der Waals surface area (Å²) in [5.74, 6) is 5.88. The van der Waals surface area contributed by atoms with Crippen molar-refractivity contribution in [2.75, 3.05) is 13.6 Å². The predicted molar refractivity (Wildman–Crippen MR) is 81.3 cm³/mol. The number of amides is 1. The minimum absolute atomic E-state index is 0.107. The Morgan fingerprint density at radius 2 is 1.90 bits per heavy atom. The van der Waals surface area contributed by atoms with Gasteiger partial charge in [-0.2, -0.15) is 0 Å². The maximum absolute atomic E-state index is 12.4. The average Bonchev–Trinajstić information content (AvgIpc) is 2.53. The van der Waals surface area contributed by atoms with E-state index in [-0.39, 0.29) is 5.91 Å². The van der Waals surface area contributed by atoms with Gasteiger partial charge in [0.1, 0.15) is 0 Å². The summed E-state index contributed by atoms with van der Waals surface area (Å²) >= 11 is 0. The van der Waals surface area contributed by atoms with Crippen LogP contribution >= 0.6 is 0 Å². The zero-order chi connectivity index (χ0) is 14.4. The molecule has 0 unspecified atom stereocenters. The first-order valence-corrected chi connectivity index (χ1v) is 7.28. The second-order valence-electron chi connectivity index (χ2n) is 5.29. The van der Waals surface area contributed by atoms with Gasteiger partial charge >= 0.3 is 0 Å². The molecule has 0 aliphatic heterocycles. The van der Waals surface area contributed by atoms with E-state index in [1.807, 2.05) is 36.2 Å². The summed E-state index contributed by atoms with van der Waals surface area (Å²) < 4.78 is 0. The van der Waals surface area contributed by atoms with Crippen LogP contribution in [0.1, 0.15) is 48.0 Å². The highest BCUT2D eigenvalue weighted by Crippen LogP contribution is 2.22. The molecule has 0 spiro atoms. The Hall–Kier alpha value is -1.79. The number of hydrogen-bond donors (Lipinski definition) is 1. The molecule has 0 heterocycles. The molecule has 0 bridgehead atoms. The molecule has 1 fully saturated rings. The van der Waals surface area contributed by atoms with E-state index in [9.17, 15) is 4.79 Å². The number of nitrogens with two attached hydrogens (primary N) is 1. The predicted octanol–water partition coefficient (Wildman–Crippen LogP) is 2.40. The molecular weight excluding hydrogens is 248 g/mol. The summed E-state index contributed by atoms with van der Waals surface area (Å²) in [6.45, 7) is 0.352. The molecule has 0 atom stereocenters. The molecule has 2 rings (SSSR count). The van der Waals surface area contributed by atoms with E-state index in [4.69, 9.17) is 5.73 Å². The number of benzene rings is 1. The number of rotatable bonds is 2. The third kappa shape index (κ3) is 3.61. The van der Waals surface area contributed by atoms with Gasteiger partial charge in [0, 0.05) is 24.2 Å². The van der Waals surface area contributed by atoms with Crippen LogP contribution in [0, 0.1) is 11.8 Å². The lowest BCUT2D eigenvalue weighted by molar-refractivity contribution is 0.0696. The normalized spacial score (nSPS) is 15.3. The molecule has 106 valence electrons. The summed E-state index contributed by atoms with van der Waals surface area (Å²) in [5, 5.41) is 0. The number of hydrogen-bond acceptors (Lipinski definition) is 2. The first kappa shape index (κ1) is 14.6.